The fourth-order valence-electron chi connectivity index (χ4n) is 1.08. The summed E-state index contributed by atoms with van der Waals surface area (Å²) in [6.45, 7) is 0. The second kappa shape index (κ2) is 3.34. The lowest BCUT2D eigenvalue weighted by Gasteiger charge is -2.08. The summed E-state index contributed by atoms with van der Waals surface area (Å²) in [6.07, 6.45) is -2.31. The topological polar surface area (TPSA) is 51.8 Å². The highest BCUT2D eigenvalue weighted by atomic mass is 19.4. The van der Waals surface area contributed by atoms with Crippen molar-refractivity contribution in [1.29, 1.82) is 0 Å². The summed E-state index contributed by atoms with van der Waals surface area (Å²) in [5.74, 6) is -0.247. The molecule has 0 aliphatic carbocycles. The summed E-state index contributed by atoms with van der Waals surface area (Å²) in [4.78, 5) is 3.57. The molecule has 0 aromatic carbocycles. The van der Waals surface area contributed by atoms with Crippen LogP contribution in [0.2, 0.25) is 0 Å². The molecule has 2 aromatic heterocycles. The standard InChI is InChI=1S/C8H4F3N3O/c9-8(10,11)5-2-1-3-12-6(5)7-14-13-4-15-7/h1-4H. The smallest absolute Gasteiger partial charge is 0.418 e. The van der Waals surface area contributed by atoms with Crippen LogP contribution in [-0.2, 0) is 6.18 Å². The normalized spacial score (nSPS) is 11.7. The number of alkyl halides is 3. The van der Waals surface area contributed by atoms with Gasteiger partial charge in [0.15, 0.2) is 0 Å². The van der Waals surface area contributed by atoms with Gasteiger partial charge in [0, 0.05) is 6.20 Å². The van der Waals surface area contributed by atoms with Gasteiger partial charge in [-0.05, 0) is 12.1 Å². The van der Waals surface area contributed by atoms with E-state index >= 15 is 0 Å². The van der Waals surface area contributed by atoms with Crippen LogP contribution in [0, 0.1) is 0 Å². The van der Waals surface area contributed by atoms with Crippen LogP contribution in [0.3, 0.4) is 0 Å². The Morgan fingerprint density at radius 2 is 2.07 bits per heavy atom. The Morgan fingerprint density at radius 3 is 2.67 bits per heavy atom. The van der Waals surface area contributed by atoms with Gasteiger partial charge in [-0.3, -0.25) is 4.98 Å². The summed E-state index contributed by atoms with van der Waals surface area (Å²) < 4.78 is 42.2. The van der Waals surface area contributed by atoms with E-state index in [-0.39, 0.29) is 11.6 Å². The fourth-order valence-corrected chi connectivity index (χ4v) is 1.08. The number of nitrogens with zero attached hydrogens (tertiary/aromatic N) is 3. The predicted octanol–water partition coefficient (Wildman–Crippen LogP) is 2.15. The van der Waals surface area contributed by atoms with Crippen LogP contribution in [0.15, 0.2) is 29.1 Å². The molecule has 4 nitrogen and oxygen atoms in total. The maximum Gasteiger partial charge on any atom is 0.418 e. The number of pyridine rings is 1. The van der Waals surface area contributed by atoms with E-state index < -0.39 is 11.7 Å². The summed E-state index contributed by atoms with van der Waals surface area (Å²) in [7, 11) is 0. The molecule has 0 saturated carbocycles. The van der Waals surface area contributed by atoms with Crippen LogP contribution in [0.4, 0.5) is 13.2 Å². The van der Waals surface area contributed by atoms with Crippen LogP contribution >= 0.6 is 0 Å². The average molecular weight is 215 g/mol. The van der Waals surface area contributed by atoms with Crippen molar-refractivity contribution < 1.29 is 17.6 Å². The van der Waals surface area contributed by atoms with Gasteiger partial charge in [0.2, 0.25) is 6.39 Å². The van der Waals surface area contributed by atoms with E-state index in [0.29, 0.717) is 0 Å². The Bertz CT molecular complexity index is 452. The minimum atomic E-state index is -4.49. The SMILES string of the molecule is FC(F)(F)c1cccnc1-c1nnco1. The molecular formula is C8H4F3N3O. The van der Waals surface area contributed by atoms with Gasteiger partial charge >= 0.3 is 6.18 Å². The fraction of sp³-hybridized carbons (Fsp3) is 0.125. The molecular weight excluding hydrogens is 211 g/mol. The number of hydrogen-bond donors (Lipinski definition) is 0. The maximum atomic E-state index is 12.5. The van der Waals surface area contributed by atoms with Crippen molar-refractivity contribution in [3.8, 4) is 11.6 Å². The minimum Gasteiger partial charge on any atom is -0.422 e. The van der Waals surface area contributed by atoms with Gasteiger partial charge in [0.1, 0.15) is 5.69 Å². The van der Waals surface area contributed by atoms with Gasteiger partial charge in [0.25, 0.3) is 5.89 Å². The Balaban J connectivity index is 2.58. The summed E-state index contributed by atoms with van der Waals surface area (Å²) >= 11 is 0. The van der Waals surface area contributed by atoms with Crippen LogP contribution in [0.1, 0.15) is 5.56 Å². The monoisotopic (exact) mass is 215 g/mol. The Labute approximate surface area is 81.8 Å². The molecule has 0 amide bonds. The third-order valence-electron chi connectivity index (χ3n) is 1.68. The number of halogens is 3. The molecule has 0 bridgehead atoms. The molecule has 0 atom stereocenters. The zero-order valence-electron chi connectivity index (χ0n) is 7.19. The second-order valence-corrected chi connectivity index (χ2v) is 2.64. The van der Waals surface area contributed by atoms with Gasteiger partial charge in [-0.25, -0.2) is 0 Å². The van der Waals surface area contributed by atoms with Crippen molar-refractivity contribution in [1.82, 2.24) is 15.2 Å². The molecule has 0 unspecified atom stereocenters. The van der Waals surface area contributed by atoms with Crippen molar-refractivity contribution in [2.24, 2.45) is 0 Å². The Hall–Kier alpha value is -1.92. The van der Waals surface area contributed by atoms with Gasteiger partial charge < -0.3 is 4.42 Å². The third-order valence-corrected chi connectivity index (χ3v) is 1.68. The van der Waals surface area contributed by atoms with Gasteiger partial charge in [-0.15, -0.1) is 10.2 Å². The molecule has 78 valence electrons. The van der Waals surface area contributed by atoms with E-state index in [9.17, 15) is 13.2 Å². The molecule has 2 rings (SSSR count). The van der Waals surface area contributed by atoms with E-state index in [1.54, 1.807) is 0 Å². The lowest BCUT2D eigenvalue weighted by molar-refractivity contribution is -0.137. The molecule has 15 heavy (non-hydrogen) atoms. The molecule has 0 aliphatic heterocycles. The molecule has 0 fully saturated rings. The summed E-state index contributed by atoms with van der Waals surface area (Å²) in [5, 5.41) is 6.68. The molecule has 7 heteroatoms. The van der Waals surface area contributed by atoms with Gasteiger partial charge in [0.05, 0.1) is 5.56 Å². The zero-order chi connectivity index (χ0) is 10.9. The van der Waals surface area contributed by atoms with Crippen molar-refractivity contribution in [3.63, 3.8) is 0 Å². The van der Waals surface area contributed by atoms with Crippen molar-refractivity contribution in [2.75, 3.05) is 0 Å². The van der Waals surface area contributed by atoms with Crippen molar-refractivity contribution >= 4 is 0 Å². The van der Waals surface area contributed by atoms with Crippen LogP contribution < -0.4 is 0 Å². The second-order valence-electron chi connectivity index (χ2n) is 2.64. The molecule has 2 aromatic rings. The summed E-state index contributed by atoms with van der Waals surface area (Å²) in [6, 6.07) is 2.11. The lowest BCUT2D eigenvalue weighted by atomic mass is 10.2. The molecule has 0 radical (unpaired) electrons. The predicted molar refractivity (Wildman–Crippen MR) is 42.5 cm³/mol. The first-order valence-electron chi connectivity index (χ1n) is 3.88. The first kappa shape index (κ1) is 9.63. The van der Waals surface area contributed by atoms with Gasteiger partial charge in [-0.1, -0.05) is 0 Å². The number of hydrogen-bond acceptors (Lipinski definition) is 4. The third kappa shape index (κ3) is 1.80. The summed E-state index contributed by atoms with van der Waals surface area (Å²) in [5.41, 5.74) is -1.25. The van der Waals surface area contributed by atoms with Gasteiger partial charge in [-0.2, -0.15) is 13.2 Å². The molecule has 2 heterocycles. The van der Waals surface area contributed by atoms with E-state index in [1.165, 1.54) is 12.3 Å². The first-order chi connectivity index (χ1) is 7.09. The van der Waals surface area contributed by atoms with E-state index in [2.05, 4.69) is 19.6 Å². The van der Waals surface area contributed by atoms with Crippen LogP contribution in [0.5, 0.6) is 0 Å². The van der Waals surface area contributed by atoms with Crippen molar-refractivity contribution in [3.05, 3.63) is 30.3 Å². The number of aromatic nitrogens is 3. The highest BCUT2D eigenvalue weighted by Gasteiger charge is 2.35. The highest BCUT2D eigenvalue weighted by Crippen LogP contribution is 2.34. The van der Waals surface area contributed by atoms with Crippen LogP contribution in [-0.4, -0.2) is 15.2 Å². The average Bonchev–Trinajstić information content (AvgIpc) is 2.69. The number of rotatable bonds is 1. The zero-order valence-corrected chi connectivity index (χ0v) is 7.19. The van der Waals surface area contributed by atoms with E-state index in [0.717, 1.165) is 12.5 Å². The highest BCUT2D eigenvalue weighted by molar-refractivity contribution is 5.53. The quantitative estimate of drug-likeness (QED) is 0.731. The molecule has 0 aliphatic rings. The molecule has 0 saturated heterocycles. The van der Waals surface area contributed by atoms with Crippen LogP contribution in [0.25, 0.3) is 11.6 Å². The first-order valence-corrected chi connectivity index (χ1v) is 3.88. The van der Waals surface area contributed by atoms with E-state index in [4.69, 9.17) is 0 Å². The Morgan fingerprint density at radius 1 is 1.27 bits per heavy atom. The van der Waals surface area contributed by atoms with E-state index in [1.807, 2.05) is 0 Å². The lowest BCUT2D eigenvalue weighted by Crippen LogP contribution is -2.08. The van der Waals surface area contributed by atoms with Crippen molar-refractivity contribution in [2.45, 2.75) is 6.18 Å². The molecule has 0 spiro atoms. The Kier molecular flexibility index (Phi) is 2.14. The maximum absolute atomic E-state index is 12.5. The molecule has 0 N–H and O–H groups in total. The largest absolute Gasteiger partial charge is 0.422 e. The minimum absolute atomic E-state index is 0.247.